The molecule has 0 aliphatic rings. The number of amides is 1. The van der Waals surface area contributed by atoms with E-state index in [0.717, 1.165) is 22.3 Å². The van der Waals surface area contributed by atoms with Gasteiger partial charge in [-0.3, -0.25) is 10.1 Å². The summed E-state index contributed by atoms with van der Waals surface area (Å²) in [7, 11) is 0. The lowest BCUT2D eigenvalue weighted by Crippen LogP contribution is -2.42. The Bertz CT molecular complexity index is 737. The summed E-state index contributed by atoms with van der Waals surface area (Å²) in [5, 5.41) is 3.17. The van der Waals surface area contributed by atoms with E-state index >= 15 is 0 Å². The number of carbonyl (C=O) groups is 1. The molecule has 0 unspecified atom stereocenters. The molecule has 25 heavy (non-hydrogen) atoms. The van der Waals surface area contributed by atoms with E-state index in [1.807, 2.05) is 49.1 Å². The van der Waals surface area contributed by atoms with E-state index < -0.39 is 0 Å². The summed E-state index contributed by atoms with van der Waals surface area (Å²) in [4.78, 5) is 14.4. The molecule has 0 spiro atoms. The molecular weight excluding hydrogens is 400 g/mol. The molecule has 0 aliphatic carbocycles. The summed E-state index contributed by atoms with van der Waals surface area (Å²) >= 11 is 8.85. The second-order valence-corrected chi connectivity index (χ2v) is 6.57. The van der Waals surface area contributed by atoms with Crippen molar-refractivity contribution in [2.45, 2.75) is 20.3 Å². The van der Waals surface area contributed by atoms with Crippen LogP contribution >= 0.6 is 28.1 Å². The summed E-state index contributed by atoms with van der Waals surface area (Å²) < 4.78 is 6.35. The number of ether oxygens (including phenoxy) is 1. The molecule has 0 radical (unpaired) electrons. The number of nitrogens with one attached hydrogen (secondary N) is 1. The van der Waals surface area contributed by atoms with Gasteiger partial charge in [0.15, 0.2) is 5.11 Å². The number of carbonyl (C=O) groups excluding carboxylic acids is 1. The Morgan fingerprint density at radius 2 is 1.92 bits per heavy atom. The van der Waals surface area contributed by atoms with Crippen LogP contribution in [0.2, 0.25) is 0 Å². The van der Waals surface area contributed by atoms with Crippen LogP contribution in [0.3, 0.4) is 0 Å². The van der Waals surface area contributed by atoms with Gasteiger partial charge in [-0.05, 0) is 71.8 Å². The molecule has 0 aromatic heterocycles. The van der Waals surface area contributed by atoms with Crippen molar-refractivity contribution in [3.8, 4) is 5.75 Å². The summed E-state index contributed by atoms with van der Waals surface area (Å²) in [5.41, 5.74) is 1.46. The van der Waals surface area contributed by atoms with Crippen LogP contribution in [0.1, 0.15) is 30.6 Å². The van der Waals surface area contributed by atoms with Crippen LogP contribution in [0.25, 0.3) is 0 Å². The first-order valence-electron chi connectivity index (χ1n) is 8.17. The number of rotatable bonds is 6. The largest absolute Gasteiger partial charge is 0.492 e. The van der Waals surface area contributed by atoms with Crippen molar-refractivity contribution >= 4 is 44.9 Å². The highest BCUT2D eigenvalue weighted by Crippen LogP contribution is 2.26. The Balaban J connectivity index is 2.08. The lowest BCUT2D eigenvalue weighted by molar-refractivity contribution is 0.0977. The van der Waals surface area contributed by atoms with Crippen molar-refractivity contribution in [1.29, 1.82) is 0 Å². The first-order valence-corrected chi connectivity index (χ1v) is 9.37. The SMILES string of the molecule is CCCOc1ccc(C(=O)NC(=S)N(CC)c2ccccc2)cc1Br. The highest BCUT2D eigenvalue weighted by molar-refractivity contribution is 9.10. The Kier molecular flexibility index (Phi) is 7.40. The quantitative estimate of drug-likeness (QED) is 0.682. The number of para-hydroxylation sites is 1. The van der Waals surface area contributed by atoms with Crippen LogP contribution < -0.4 is 15.0 Å². The van der Waals surface area contributed by atoms with E-state index in [2.05, 4.69) is 21.2 Å². The zero-order valence-electron chi connectivity index (χ0n) is 14.3. The lowest BCUT2D eigenvalue weighted by Gasteiger charge is -2.23. The van der Waals surface area contributed by atoms with Gasteiger partial charge in [-0.1, -0.05) is 25.1 Å². The fourth-order valence-corrected chi connectivity index (χ4v) is 3.08. The molecule has 1 N–H and O–H groups in total. The maximum atomic E-state index is 12.5. The second-order valence-electron chi connectivity index (χ2n) is 5.33. The first kappa shape index (κ1) is 19.4. The third-order valence-corrected chi connectivity index (χ3v) is 4.45. The summed E-state index contributed by atoms with van der Waals surface area (Å²) in [5.74, 6) is 0.475. The monoisotopic (exact) mass is 420 g/mol. The average Bonchev–Trinajstić information content (AvgIpc) is 2.62. The number of anilines is 1. The van der Waals surface area contributed by atoms with E-state index in [0.29, 0.717) is 23.8 Å². The summed E-state index contributed by atoms with van der Waals surface area (Å²) in [6.45, 7) is 5.33. The Morgan fingerprint density at radius 1 is 1.20 bits per heavy atom. The minimum absolute atomic E-state index is 0.248. The third kappa shape index (κ3) is 5.28. The van der Waals surface area contributed by atoms with Crippen LogP contribution in [0.15, 0.2) is 53.0 Å². The van der Waals surface area contributed by atoms with Gasteiger partial charge in [0.2, 0.25) is 0 Å². The minimum Gasteiger partial charge on any atom is -0.492 e. The molecule has 132 valence electrons. The summed E-state index contributed by atoms with van der Waals surface area (Å²) in [6, 6.07) is 15.0. The van der Waals surface area contributed by atoms with Gasteiger partial charge >= 0.3 is 0 Å². The van der Waals surface area contributed by atoms with Crippen molar-refractivity contribution in [3.63, 3.8) is 0 Å². The molecule has 4 nitrogen and oxygen atoms in total. The number of nitrogens with zero attached hydrogens (tertiary/aromatic N) is 1. The summed E-state index contributed by atoms with van der Waals surface area (Å²) in [6.07, 6.45) is 0.926. The fraction of sp³-hybridized carbons (Fsp3) is 0.263. The topological polar surface area (TPSA) is 41.6 Å². The molecule has 2 rings (SSSR count). The van der Waals surface area contributed by atoms with Gasteiger partial charge < -0.3 is 9.64 Å². The molecule has 0 bridgehead atoms. The van der Waals surface area contributed by atoms with E-state index in [-0.39, 0.29) is 5.91 Å². The smallest absolute Gasteiger partial charge is 0.257 e. The Hall–Kier alpha value is -1.92. The van der Waals surface area contributed by atoms with Gasteiger partial charge in [0.05, 0.1) is 11.1 Å². The molecule has 0 atom stereocenters. The number of hydrogen-bond donors (Lipinski definition) is 1. The predicted molar refractivity (Wildman–Crippen MR) is 109 cm³/mol. The van der Waals surface area contributed by atoms with E-state index in [1.165, 1.54) is 0 Å². The van der Waals surface area contributed by atoms with Crippen LogP contribution in [-0.2, 0) is 0 Å². The lowest BCUT2D eigenvalue weighted by atomic mass is 10.2. The molecule has 2 aromatic carbocycles. The molecule has 1 amide bonds. The number of halogens is 1. The first-order chi connectivity index (χ1) is 12.1. The predicted octanol–water partition coefficient (Wildman–Crippen LogP) is 4.78. The van der Waals surface area contributed by atoms with Crippen molar-refractivity contribution < 1.29 is 9.53 Å². The molecule has 0 heterocycles. The molecule has 0 saturated heterocycles. The highest BCUT2D eigenvalue weighted by atomic mass is 79.9. The number of hydrogen-bond acceptors (Lipinski definition) is 3. The maximum Gasteiger partial charge on any atom is 0.257 e. The Labute approximate surface area is 162 Å². The highest BCUT2D eigenvalue weighted by Gasteiger charge is 2.15. The normalized spacial score (nSPS) is 10.2. The fourth-order valence-electron chi connectivity index (χ4n) is 2.26. The number of benzene rings is 2. The molecule has 0 fully saturated rings. The maximum absolute atomic E-state index is 12.5. The zero-order chi connectivity index (χ0) is 18.2. The molecule has 0 saturated carbocycles. The van der Waals surface area contributed by atoms with Crippen molar-refractivity contribution in [2.24, 2.45) is 0 Å². The van der Waals surface area contributed by atoms with Crippen molar-refractivity contribution in [1.82, 2.24) is 5.32 Å². The van der Waals surface area contributed by atoms with Gasteiger partial charge in [-0.25, -0.2) is 0 Å². The van der Waals surface area contributed by atoms with E-state index in [4.69, 9.17) is 17.0 Å². The van der Waals surface area contributed by atoms with Gasteiger partial charge in [0, 0.05) is 17.8 Å². The molecule has 0 aliphatic heterocycles. The minimum atomic E-state index is -0.248. The van der Waals surface area contributed by atoms with Gasteiger partial charge in [0.25, 0.3) is 5.91 Å². The van der Waals surface area contributed by atoms with Gasteiger partial charge in [-0.2, -0.15) is 0 Å². The standard InChI is InChI=1S/C19H21BrN2O2S/c1-3-12-24-17-11-10-14(13-16(17)20)18(23)21-19(25)22(4-2)15-8-6-5-7-9-15/h5-11,13H,3-4,12H2,1-2H3,(H,21,23,25). The van der Waals surface area contributed by atoms with Crippen LogP contribution in [0.5, 0.6) is 5.75 Å². The molecule has 2 aromatic rings. The van der Waals surface area contributed by atoms with Crippen molar-refractivity contribution in [3.05, 3.63) is 58.6 Å². The Morgan fingerprint density at radius 3 is 2.52 bits per heavy atom. The molecular formula is C19H21BrN2O2S. The zero-order valence-corrected chi connectivity index (χ0v) is 16.7. The second kappa shape index (κ2) is 9.53. The third-order valence-electron chi connectivity index (χ3n) is 3.51. The number of thiocarbonyl (C=S) groups is 1. The van der Waals surface area contributed by atoms with Crippen LogP contribution in [0.4, 0.5) is 5.69 Å². The van der Waals surface area contributed by atoms with Gasteiger partial charge in [0.1, 0.15) is 5.75 Å². The van der Waals surface area contributed by atoms with Crippen LogP contribution in [0, 0.1) is 0 Å². The van der Waals surface area contributed by atoms with E-state index in [9.17, 15) is 4.79 Å². The van der Waals surface area contributed by atoms with E-state index in [1.54, 1.807) is 18.2 Å². The average molecular weight is 421 g/mol. The van der Waals surface area contributed by atoms with Crippen LogP contribution in [-0.4, -0.2) is 24.2 Å². The van der Waals surface area contributed by atoms with Crippen molar-refractivity contribution in [2.75, 3.05) is 18.1 Å². The van der Waals surface area contributed by atoms with Gasteiger partial charge in [-0.15, -0.1) is 0 Å². The molecule has 6 heteroatoms.